The van der Waals surface area contributed by atoms with E-state index in [2.05, 4.69) is 4.99 Å². The molecule has 148 valence electrons. The molecule has 0 aromatic heterocycles. The van der Waals surface area contributed by atoms with E-state index in [1.807, 2.05) is 72.8 Å². The Balaban J connectivity index is 1.57. The second kappa shape index (κ2) is 7.40. The lowest BCUT2D eigenvalue weighted by Crippen LogP contribution is -2.32. The van der Waals surface area contributed by atoms with Gasteiger partial charge in [-0.1, -0.05) is 36.4 Å². The van der Waals surface area contributed by atoms with Gasteiger partial charge in [0.2, 0.25) is 6.79 Å². The molecular weight excluding hydrogens is 380 g/mol. The van der Waals surface area contributed by atoms with Gasteiger partial charge in [0.15, 0.2) is 11.5 Å². The summed E-state index contributed by atoms with van der Waals surface area (Å²) < 4.78 is 16.0. The lowest BCUT2D eigenvalue weighted by Gasteiger charge is -2.18. The molecule has 0 bridgehead atoms. The summed E-state index contributed by atoms with van der Waals surface area (Å²) in [4.78, 5) is 19.6. The van der Waals surface area contributed by atoms with Crippen molar-refractivity contribution in [2.75, 3.05) is 18.8 Å². The van der Waals surface area contributed by atoms with Crippen LogP contribution in [0.2, 0.25) is 0 Å². The molecule has 0 spiro atoms. The molecule has 2 heterocycles. The van der Waals surface area contributed by atoms with E-state index in [1.54, 1.807) is 18.1 Å². The van der Waals surface area contributed by atoms with Gasteiger partial charge in [0.1, 0.15) is 17.3 Å². The summed E-state index contributed by atoms with van der Waals surface area (Å²) in [6, 6.07) is 22.5. The molecule has 0 radical (unpaired) electrons. The number of amides is 1. The molecule has 0 N–H and O–H groups in total. The number of ether oxygens (including phenoxy) is 3. The van der Waals surface area contributed by atoms with E-state index in [9.17, 15) is 4.79 Å². The quantitative estimate of drug-likeness (QED) is 0.616. The summed E-state index contributed by atoms with van der Waals surface area (Å²) in [5.41, 5.74) is 2.74. The van der Waals surface area contributed by atoms with E-state index >= 15 is 0 Å². The molecule has 2 aliphatic rings. The van der Waals surface area contributed by atoms with E-state index in [0.717, 1.165) is 22.6 Å². The summed E-state index contributed by atoms with van der Waals surface area (Å²) in [6.07, 6.45) is 1.76. The molecule has 6 nitrogen and oxygen atoms in total. The highest BCUT2D eigenvalue weighted by Gasteiger charge is 2.32. The first kappa shape index (κ1) is 18.0. The Bertz CT molecular complexity index is 1170. The van der Waals surface area contributed by atoms with Gasteiger partial charge in [-0.05, 0) is 48.0 Å². The number of hydrogen-bond donors (Lipinski definition) is 0. The topological polar surface area (TPSA) is 60.4 Å². The summed E-state index contributed by atoms with van der Waals surface area (Å²) >= 11 is 0. The van der Waals surface area contributed by atoms with Crippen LogP contribution < -0.4 is 19.1 Å². The van der Waals surface area contributed by atoms with E-state index in [-0.39, 0.29) is 12.7 Å². The Labute approximate surface area is 173 Å². The SMILES string of the molecule is COc1ccc(N2C(=O)C(=Cc3ccc4c(c3)OCO4)N=C2c2ccccc2)cc1. The predicted molar refractivity (Wildman–Crippen MR) is 114 cm³/mol. The van der Waals surface area contributed by atoms with Crippen LogP contribution in [-0.4, -0.2) is 25.6 Å². The third-order valence-corrected chi connectivity index (χ3v) is 4.92. The van der Waals surface area contributed by atoms with Gasteiger partial charge in [-0.2, -0.15) is 0 Å². The molecule has 0 fully saturated rings. The molecule has 6 heteroatoms. The van der Waals surface area contributed by atoms with E-state index in [0.29, 0.717) is 23.0 Å². The van der Waals surface area contributed by atoms with Crippen molar-refractivity contribution in [3.05, 3.63) is 89.6 Å². The highest BCUT2D eigenvalue weighted by Crippen LogP contribution is 2.34. The maximum atomic E-state index is 13.3. The normalized spacial score (nSPS) is 16.2. The van der Waals surface area contributed by atoms with Gasteiger partial charge >= 0.3 is 0 Å². The van der Waals surface area contributed by atoms with E-state index < -0.39 is 0 Å². The van der Waals surface area contributed by atoms with Crippen LogP contribution in [0.5, 0.6) is 17.2 Å². The van der Waals surface area contributed by atoms with Crippen molar-refractivity contribution >= 4 is 23.5 Å². The number of methoxy groups -OCH3 is 1. The minimum atomic E-state index is -0.198. The molecule has 0 saturated carbocycles. The lowest BCUT2D eigenvalue weighted by atomic mass is 10.1. The number of carbonyl (C=O) groups excluding carboxylic acids is 1. The maximum absolute atomic E-state index is 13.3. The zero-order valence-electron chi connectivity index (χ0n) is 16.2. The minimum absolute atomic E-state index is 0.198. The Kier molecular flexibility index (Phi) is 4.44. The maximum Gasteiger partial charge on any atom is 0.282 e. The third kappa shape index (κ3) is 3.18. The third-order valence-electron chi connectivity index (χ3n) is 4.92. The van der Waals surface area contributed by atoms with Crippen LogP contribution in [0, 0.1) is 0 Å². The fourth-order valence-electron chi connectivity index (χ4n) is 3.43. The first-order chi connectivity index (χ1) is 14.7. The van der Waals surface area contributed by atoms with Crippen LogP contribution >= 0.6 is 0 Å². The number of amidine groups is 1. The smallest absolute Gasteiger partial charge is 0.282 e. The molecule has 30 heavy (non-hydrogen) atoms. The molecule has 3 aromatic carbocycles. The molecule has 5 rings (SSSR count). The van der Waals surface area contributed by atoms with Gasteiger partial charge in [-0.25, -0.2) is 4.99 Å². The summed E-state index contributed by atoms with van der Waals surface area (Å²) in [5.74, 6) is 2.46. The first-order valence-corrected chi connectivity index (χ1v) is 9.47. The number of aliphatic imine (C=N–C) groups is 1. The largest absolute Gasteiger partial charge is 0.497 e. The van der Waals surface area contributed by atoms with E-state index in [4.69, 9.17) is 14.2 Å². The Morgan fingerprint density at radius 1 is 0.967 bits per heavy atom. The number of fused-ring (bicyclic) bond motifs is 1. The Morgan fingerprint density at radius 2 is 1.73 bits per heavy atom. The van der Waals surface area contributed by atoms with Crippen LogP contribution in [0.15, 0.2) is 83.5 Å². The number of hydrogen-bond acceptors (Lipinski definition) is 5. The number of anilines is 1. The van der Waals surface area contributed by atoms with Crippen molar-refractivity contribution in [3.63, 3.8) is 0 Å². The van der Waals surface area contributed by atoms with E-state index in [1.165, 1.54) is 0 Å². The molecule has 0 unspecified atom stereocenters. The average molecular weight is 398 g/mol. The van der Waals surface area contributed by atoms with Crippen molar-refractivity contribution in [1.29, 1.82) is 0 Å². The number of nitrogens with zero attached hydrogens (tertiary/aromatic N) is 2. The zero-order chi connectivity index (χ0) is 20.5. The summed E-state index contributed by atoms with van der Waals surface area (Å²) in [6.45, 7) is 0.204. The second-order valence-corrected chi connectivity index (χ2v) is 6.78. The van der Waals surface area contributed by atoms with Crippen LogP contribution in [-0.2, 0) is 4.79 Å². The molecular formula is C24H18N2O4. The van der Waals surface area contributed by atoms with Gasteiger partial charge in [0, 0.05) is 5.56 Å². The van der Waals surface area contributed by atoms with Gasteiger partial charge in [0.05, 0.1) is 12.8 Å². The van der Waals surface area contributed by atoms with Gasteiger partial charge in [-0.3, -0.25) is 9.69 Å². The molecule has 0 saturated heterocycles. The Hall–Kier alpha value is -4.06. The Morgan fingerprint density at radius 3 is 2.50 bits per heavy atom. The van der Waals surface area contributed by atoms with Gasteiger partial charge in [0.25, 0.3) is 5.91 Å². The molecule has 1 amide bonds. The molecule has 2 aliphatic heterocycles. The van der Waals surface area contributed by atoms with Crippen molar-refractivity contribution in [3.8, 4) is 17.2 Å². The van der Waals surface area contributed by atoms with Crippen molar-refractivity contribution in [2.45, 2.75) is 0 Å². The second-order valence-electron chi connectivity index (χ2n) is 6.78. The van der Waals surface area contributed by atoms with Crippen LogP contribution in [0.3, 0.4) is 0 Å². The fraction of sp³-hybridized carbons (Fsp3) is 0.0833. The number of carbonyl (C=O) groups is 1. The van der Waals surface area contributed by atoms with Crippen molar-refractivity contribution in [2.24, 2.45) is 4.99 Å². The van der Waals surface area contributed by atoms with Crippen LogP contribution in [0.25, 0.3) is 6.08 Å². The summed E-state index contributed by atoms with van der Waals surface area (Å²) in [7, 11) is 1.61. The van der Waals surface area contributed by atoms with Crippen molar-refractivity contribution < 1.29 is 19.0 Å². The average Bonchev–Trinajstić information content (AvgIpc) is 3.39. The van der Waals surface area contributed by atoms with Crippen LogP contribution in [0.1, 0.15) is 11.1 Å². The fourth-order valence-corrected chi connectivity index (χ4v) is 3.43. The highest BCUT2D eigenvalue weighted by molar-refractivity contribution is 6.33. The van der Waals surface area contributed by atoms with Gasteiger partial charge in [-0.15, -0.1) is 0 Å². The summed E-state index contributed by atoms with van der Waals surface area (Å²) in [5, 5.41) is 0. The molecule has 0 atom stereocenters. The van der Waals surface area contributed by atoms with Crippen molar-refractivity contribution in [1.82, 2.24) is 0 Å². The zero-order valence-corrected chi connectivity index (χ0v) is 16.2. The molecule has 3 aromatic rings. The highest BCUT2D eigenvalue weighted by atomic mass is 16.7. The number of rotatable bonds is 4. The first-order valence-electron chi connectivity index (χ1n) is 9.47. The predicted octanol–water partition coefficient (Wildman–Crippen LogP) is 4.26. The number of benzene rings is 3. The van der Waals surface area contributed by atoms with Gasteiger partial charge < -0.3 is 14.2 Å². The lowest BCUT2D eigenvalue weighted by molar-refractivity contribution is -0.113. The standard InChI is InChI=1S/C24H18N2O4/c1-28-19-10-8-18(9-11-19)26-23(17-5-3-2-4-6-17)25-20(24(26)27)13-16-7-12-21-22(14-16)30-15-29-21/h2-14H,15H2,1H3. The minimum Gasteiger partial charge on any atom is -0.497 e. The van der Waals surface area contributed by atoms with Crippen LogP contribution in [0.4, 0.5) is 5.69 Å². The monoisotopic (exact) mass is 398 g/mol. The molecule has 0 aliphatic carbocycles.